The topological polar surface area (TPSA) is 66.8 Å². The summed E-state index contributed by atoms with van der Waals surface area (Å²) in [6, 6.07) is 3.19. The van der Waals surface area contributed by atoms with Crippen LogP contribution in [0.3, 0.4) is 0 Å². The molecule has 1 N–H and O–H groups in total. The lowest BCUT2D eigenvalue weighted by molar-refractivity contribution is -0.137. The Morgan fingerprint density at radius 1 is 1.46 bits per heavy atom. The number of carboxylic acids is 1. The van der Waals surface area contributed by atoms with Crippen molar-refractivity contribution in [2.75, 3.05) is 13.7 Å². The molecular formula is C15H13Cl2NO4S2. The van der Waals surface area contributed by atoms with E-state index in [9.17, 15) is 9.59 Å². The minimum atomic E-state index is -0.908. The van der Waals surface area contributed by atoms with Crippen LogP contribution >= 0.6 is 47.2 Å². The second kappa shape index (κ2) is 8.20. The summed E-state index contributed by atoms with van der Waals surface area (Å²) >= 11 is 18.4. The first-order valence-corrected chi connectivity index (χ1v) is 8.81. The van der Waals surface area contributed by atoms with E-state index >= 15 is 0 Å². The van der Waals surface area contributed by atoms with Crippen LogP contribution in [0.1, 0.15) is 18.4 Å². The summed E-state index contributed by atoms with van der Waals surface area (Å²) in [5.41, 5.74) is 0.570. The number of carbonyl (C=O) groups excluding carboxylic acids is 1. The SMILES string of the molecule is COc1c(Cl)cc(Cl)cc1C=C1SC(=S)N(CCCC(=O)O)C1=O. The Labute approximate surface area is 158 Å². The van der Waals surface area contributed by atoms with Gasteiger partial charge in [-0.2, -0.15) is 0 Å². The molecule has 0 unspecified atom stereocenters. The molecule has 1 aromatic rings. The first kappa shape index (κ1) is 19.1. The molecule has 0 bridgehead atoms. The maximum atomic E-state index is 12.5. The number of hydrogen-bond acceptors (Lipinski definition) is 5. The van der Waals surface area contributed by atoms with Gasteiger partial charge in [0.25, 0.3) is 5.91 Å². The van der Waals surface area contributed by atoms with E-state index in [2.05, 4.69) is 0 Å². The molecule has 1 aliphatic heterocycles. The Kier molecular flexibility index (Phi) is 6.51. The van der Waals surface area contributed by atoms with E-state index in [1.54, 1.807) is 18.2 Å². The second-order valence-electron chi connectivity index (χ2n) is 4.84. The summed E-state index contributed by atoms with van der Waals surface area (Å²) in [7, 11) is 1.48. The third kappa shape index (κ3) is 4.42. The zero-order valence-electron chi connectivity index (χ0n) is 12.5. The molecule has 0 radical (unpaired) electrons. The fourth-order valence-corrected chi connectivity index (χ4v) is 4.01. The van der Waals surface area contributed by atoms with E-state index in [1.165, 1.54) is 12.0 Å². The molecule has 1 aliphatic rings. The molecule has 0 aromatic heterocycles. The molecular weight excluding hydrogens is 393 g/mol. The Morgan fingerprint density at radius 3 is 2.79 bits per heavy atom. The van der Waals surface area contributed by atoms with Gasteiger partial charge in [0, 0.05) is 23.6 Å². The number of halogens is 2. The predicted molar refractivity (Wildman–Crippen MR) is 99.8 cm³/mol. The van der Waals surface area contributed by atoms with Crippen molar-refractivity contribution in [1.82, 2.24) is 4.90 Å². The van der Waals surface area contributed by atoms with Crippen LogP contribution in [0.2, 0.25) is 10.0 Å². The Morgan fingerprint density at radius 2 is 2.17 bits per heavy atom. The lowest BCUT2D eigenvalue weighted by Crippen LogP contribution is -2.29. The second-order valence-corrected chi connectivity index (χ2v) is 7.36. The van der Waals surface area contributed by atoms with Crippen molar-refractivity contribution >= 4 is 69.5 Å². The molecule has 1 amide bonds. The maximum Gasteiger partial charge on any atom is 0.303 e. The average Bonchev–Trinajstić information content (AvgIpc) is 2.74. The third-order valence-electron chi connectivity index (χ3n) is 3.17. The standard InChI is InChI=1S/C15H13Cl2NO4S2/c1-22-13-8(5-9(16)7-10(13)17)6-11-14(21)18(15(23)24-11)4-2-3-12(19)20/h5-7H,2-4H2,1H3,(H,19,20). The predicted octanol–water partition coefficient (Wildman–Crippen LogP) is 4.07. The summed E-state index contributed by atoms with van der Waals surface area (Å²) in [5.74, 6) is -0.764. The summed E-state index contributed by atoms with van der Waals surface area (Å²) in [6.07, 6.45) is 1.93. The van der Waals surface area contributed by atoms with Crippen LogP contribution in [0.4, 0.5) is 0 Å². The van der Waals surface area contributed by atoms with Crippen LogP contribution in [-0.4, -0.2) is 39.9 Å². The van der Waals surface area contributed by atoms with Gasteiger partial charge in [-0.15, -0.1) is 0 Å². The van der Waals surface area contributed by atoms with E-state index in [0.717, 1.165) is 11.8 Å². The quantitative estimate of drug-likeness (QED) is 0.568. The number of thioether (sulfide) groups is 1. The Hall–Kier alpha value is -1.28. The number of carboxylic acid groups (broad SMARTS) is 1. The van der Waals surface area contributed by atoms with Crippen LogP contribution in [-0.2, 0) is 9.59 Å². The Bertz CT molecular complexity index is 736. The Balaban J connectivity index is 2.24. The van der Waals surface area contributed by atoms with Crippen molar-refractivity contribution in [3.63, 3.8) is 0 Å². The molecule has 0 saturated carbocycles. The minimum absolute atomic E-state index is 0.0200. The summed E-state index contributed by atoms with van der Waals surface area (Å²) in [4.78, 5) is 24.9. The van der Waals surface area contributed by atoms with Crippen LogP contribution < -0.4 is 4.74 Å². The molecule has 0 aliphatic carbocycles. The molecule has 128 valence electrons. The van der Waals surface area contributed by atoms with E-state index in [0.29, 0.717) is 37.0 Å². The van der Waals surface area contributed by atoms with E-state index in [1.807, 2.05) is 0 Å². The highest BCUT2D eigenvalue weighted by atomic mass is 35.5. The first-order valence-electron chi connectivity index (χ1n) is 6.83. The average molecular weight is 406 g/mol. The lowest BCUT2D eigenvalue weighted by Gasteiger charge is -2.13. The number of benzene rings is 1. The molecule has 1 aromatic carbocycles. The van der Waals surface area contributed by atoms with Crippen molar-refractivity contribution in [2.45, 2.75) is 12.8 Å². The van der Waals surface area contributed by atoms with Crippen molar-refractivity contribution < 1.29 is 19.4 Å². The number of amides is 1. The van der Waals surface area contributed by atoms with Crippen molar-refractivity contribution in [3.8, 4) is 5.75 Å². The summed E-state index contributed by atoms with van der Waals surface area (Å²) in [6.45, 7) is 0.266. The highest BCUT2D eigenvalue weighted by molar-refractivity contribution is 8.26. The monoisotopic (exact) mass is 405 g/mol. The summed E-state index contributed by atoms with van der Waals surface area (Å²) in [5, 5.41) is 9.45. The minimum Gasteiger partial charge on any atom is -0.495 e. The molecule has 5 nitrogen and oxygen atoms in total. The van der Waals surface area contributed by atoms with Crippen molar-refractivity contribution in [3.05, 3.63) is 32.6 Å². The van der Waals surface area contributed by atoms with Crippen LogP contribution in [0.25, 0.3) is 6.08 Å². The number of rotatable bonds is 6. The molecule has 2 rings (SSSR count). The third-order valence-corrected chi connectivity index (χ3v) is 5.05. The van der Waals surface area contributed by atoms with E-state index in [-0.39, 0.29) is 18.9 Å². The molecule has 0 atom stereocenters. The number of methoxy groups -OCH3 is 1. The first-order chi connectivity index (χ1) is 11.3. The van der Waals surface area contributed by atoms with Gasteiger partial charge in [-0.05, 0) is 24.6 Å². The number of hydrogen-bond donors (Lipinski definition) is 1. The fourth-order valence-electron chi connectivity index (χ4n) is 2.13. The maximum absolute atomic E-state index is 12.5. The number of nitrogens with zero attached hydrogens (tertiary/aromatic N) is 1. The smallest absolute Gasteiger partial charge is 0.303 e. The molecule has 24 heavy (non-hydrogen) atoms. The van der Waals surface area contributed by atoms with Gasteiger partial charge in [-0.1, -0.05) is 47.2 Å². The number of thiocarbonyl (C=S) groups is 1. The van der Waals surface area contributed by atoms with Gasteiger partial charge >= 0.3 is 5.97 Å². The number of carbonyl (C=O) groups is 2. The zero-order chi connectivity index (χ0) is 17.9. The van der Waals surface area contributed by atoms with E-state index in [4.69, 9.17) is 45.3 Å². The van der Waals surface area contributed by atoms with E-state index < -0.39 is 5.97 Å². The van der Waals surface area contributed by atoms with Gasteiger partial charge in [0.2, 0.25) is 0 Å². The lowest BCUT2D eigenvalue weighted by atomic mass is 10.1. The van der Waals surface area contributed by atoms with Gasteiger partial charge in [-0.25, -0.2) is 0 Å². The number of aliphatic carboxylic acids is 1. The van der Waals surface area contributed by atoms with Gasteiger partial charge in [0.1, 0.15) is 10.1 Å². The largest absolute Gasteiger partial charge is 0.495 e. The summed E-state index contributed by atoms with van der Waals surface area (Å²) < 4.78 is 5.65. The fraction of sp³-hybridized carbons (Fsp3) is 0.267. The van der Waals surface area contributed by atoms with Gasteiger partial charge in [-0.3, -0.25) is 14.5 Å². The molecule has 1 heterocycles. The molecule has 0 spiro atoms. The zero-order valence-corrected chi connectivity index (χ0v) is 15.7. The van der Waals surface area contributed by atoms with Crippen molar-refractivity contribution in [2.24, 2.45) is 0 Å². The van der Waals surface area contributed by atoms with Crippen LogP contribution in [0.5, 0.6) is 5.75 Å². The molecule has 1 saturated heterocycles. The van der Waals surface area contributed by atoms with Crippen LogP contribution in [0.15, 0.2) is 17.0 Å². The van der Waals surface area contributed by atoms with Gasteiger partial charge < -0.3 is 9.84 Å². The molecule has 9 heteroatoms. The normalized spacial score (nSPS) is 16.1. The van der Waals surface area contributed by atoms with Gasteiger partial charge in [0.05, 0.1) is 17.0 Å². The van der Waals surface area contributed by atoms with Crippen LogP contribution in [0, 0.1) is 0 Å². The highest BCUT2D eigenvalue weighted by Gasteiger charge is 2.32. The number of ether oxygens (including phenoxy) is 1. The highest BCUT2D eigenvalue weighted by Crippen LogP contribution is 2.38. The van der Waals surface area contributed by atoms with Crippen molar-refractivity contribution in [1.29, 1.82) is 0 Å². The molecule has 1 fully saturated rings. The van der Waals surface area contributed by atoms with Gasteiger partial charge in [0.15, 0.2) is 0 Å².